The summed E-state index contributed by atoms with van der Waals surface area (Å²) in [6, 6.07) is 34.6. The van der Waals surface area contributed by atoms with Crippen molar-refractivity contribution in [2.24, 2.45) is 0 Å². The maximum atomic E-state index is 14.8. The summed E-state index contributed by atoms with van der Waals surface area (Å²) in [5, 5.41) is 0. The van der Waals surface area contributed by atoms with Gasteiger partial charge in [0, 0.05) is 43.0 Å². The monoisotopic (exact) mass is 492 g/mol. The van der Waals surface area contributed by atoms with Gasteiger partial charge in [-0.25, -0.2) is 8.78 Å². The zero-order chi connectivity index (χ0) is 25.6. The van der Waals surface area contributed by atoms with Crippen LogP contribution in [0, 0.1) is 11.6 Å². The predicted molar refractivity (Wildman–Crippen MR) is 142 cm³/mol. The summed E-state index contributed by atoms with van der Waals surface area (Å²) in [7, 11) is 0. The fourth-order valence-electron chi connectivity index (χ4n) is 4.61. The number of rotatable bonds is 8. The van der Waals surface area contributed by atoms with Gasteiger partial charge in [0.25, 0.3) is 5.91 Å². The van der Waals surface area contributed by atoms with Gasteiger partial charge in [-0.15, -0.1) is 0 Å². The summed E-state index contributed by atoms with van der Waals surface area (Å²) in [5.41, 5.74) is 3.58. The van der Waals surface area contributed by atoms with Crippen LogP contribution >= 0.6 is 0 Å². The highest BCUT2D eigenvalue weighted by molar-refractivity contribution is 5.98. The van der Waals surface area contributed by atoms with Gasteiger partial charge in [-0.3, -0.25) is 4.79 Å². The van der Waals surface area contributed by atoms with Crippen LogP contribution < -0.4 is 0 Å². The van der Waals surface area contributed by atoms with E-state index in [4.69, 9.17) is 0 Å². The van der Waals surface area contributed by atoms with Gasteiger partial charge in [-0.2, -0.15) is 0 Å². The molecule has 0 bridgehead atoms. The van der Waals surface area contributed by atoms with Gasteiger partial charge < -0.3 is 9.47 Å². The van der Waals surface area contributed by atoms with Crippen molar-refractivity contribution >= 4 is 5.91 Å². The van der Waals surface area contributed by atoms with E-state index in [2.05, 4.69) is 0 Å². The molecule has 5 heteroatoms. The SMILES string of the molecule is O=C(c1ccccc1-n1cccc1)N(Cc1ccc(F)cc1F)CC(c1ccccc1)c1ccccc1. The second-order valence-corrected chi connectivity index (χ2v) is 8.90. The Kier molecular flexibility index (Phi) is 7.22. The zero-order valence-corrected chi connectivity index (χ0v) is 20.2. The van der Waals surface area contributed by atoms with E-state index in [9.17, 15) is 13.6 Å². The Morgan fingerprint density at radius 3 is 1.95 bits per heavy atom. The van der Waals surface area contributed by atoms with Crippen molar-refractivity contribution < 1.29 is 13.6 Å². The molecule has 37 heavy (non-hydrogen) atoms. The summed E-state index contributed by atoms with van der Waals surface area (Å²) < 4.78 is 30.3. The fourth-order valence-corrected chi connectivity index (χ4v) is 4.61. The second-order valence-electron chi connectivity index (χ2n) is 8.90. The second kappa shape index (κ2) is 11.0. The molecule has 5 rings (SSSR count). The third-order valence-electron chi connectivity index (χ3n) is 6.49. The van der Waals surface area contributed by atoms with Crippen molar-refractivity contribution in [1.82, 2.24) is 9.47 Å². The number of benzene rings is 4. The van der Waals surface area contributed by atoms with Gasteiger partial charge in [0.15, 0.2) is 0 Å². The number of carbonyl (C=O) groups is 1. The first-order valence-electron chi connectivity index (χ1n) is 12.2. The maximum absolute atomic E-state index is 14.8. The van der Waals surface area contributed by atoms with Crippen molar-refractivity contribution in [3.05, 3.63) is 162 Å². The molecule has 0 fully saturated rings. The lowest BCUT2D eigenvalue weighted by Gasteiger charge is -2.29. The first-order chi connectivity index (χ1) is 18.1. The van der Waals surface area contributed by atoms with Crippen molar-refractivity contribution in [3.63, 3.8) is 0 Å². The number of nitrogens with zero attached hydrogens (tertiary/aromatic N) is 2. The molecule has 3 nitrogen and oxygen atoms in total. The van der Waals surface area contributed by atoms with Crippen molar-refractivity contribution in [3.8, 4) is 5.69 Å². The summed E-state index contributed by atoms with van der Waals surface area (Å²) >= 11 is 0. The van der Waals surface area contributed by atoms with Gasteiger partial charge in [0.2, 0.25) is 0 Å². The summed E-state index contributed by atoms with van der Waals surface area (Å²) in [6.45, 7) is 0.310. The molecule has 0 spiro atoms. The first kappa shape index (κ1) is 24.2. The number of halogens is 2. The smallest absolute Gasteiger partial charge is 0.256 e. The van der Waals surface area contributed by atoms with Crippen LogP contribution in [0.3, 0.4) is 0 Å². The standard InChI is InChI=1S/C32H26F2N2O/c33-27-18-17-26(30(34)21-27)22-36(32(37)28-15-7-8-16-31(28)35-19-9-10-20-35)23-29(24-11-3-1-4-12-24)25-13-5-2-6-14-25/h1-21,29H,22-23H2. The van der Waals surface area contributed by atoms with E-state index in [0.717, 1.165) is 22.9 Å². The Bertz CT molecular complexity index is 1430. The molecule has 0 N–H and O–H groups in total. The number of para-hydroxylation sites is 1. The Hall–Kier alpha value is -4.51. The lowest BCUT2D eigenvalue weighted by molar-refractivity contribution is 0.0736. The maximum Gasteiger partial charge on any atom is 0.256 e. The minimum absolute atomic E-state index is 0.00112. The van der Waals surface area contributed by atoms with Gasteiger partial charge in [0.05, 0.1) is 11.3 Å². The molecule has 184 valence electrons. The molecule has 1 aromatic heterocycles. The predicted octanol–water partition coefficient (Wildman–Crippen LogP) is 7.23. The summed E-state index contributed by atoms with van der Waals surface area (Å²) in [6.07, 6.45) is 3.76. The number of hydrogen-bond acceptors (Lipinski definition) is 1. The van der Waals surface area contributed by atoms with Crippen molar-refractivity contribution in [2.45, 2.75) is 12.5 Å². The topological polar surface area (TPSA) is 25.2 Å². The zero-order valence-electron chi connectivity index (χ0n) is 20.2. The normalized spacial score (nSPS) is 11.0. The quantitative estimate of drug-likeness (QED) is 0.224. The van der Waals surface area contributed by atoms with Crippen molar-refractivity contribution in [2.75, 3.05) is 6.54 Å². The van der Waals surface area contributed by atoms with Crippen LogP contribution in [-0.4, -0.2) is 21.9 Å². The van der Waals surface area contributed by atoms with Gasteiger partial charge in [-0.1, -0.05) is 78.9 Å². The molecular formula is C32H26F2N2O. The lowest BCUT2D eigenvalue weighted by Crippen LogP contribution is -2.35. The Labute approximate surface area is 215 Å². The molecule has 0 aliphatic rings. The van der Waals surface area contributed by atoms with E-state index in [1.807, 2.05) is 108 Å². The number of hydrogen-bond donors (Lipinski definition) is 0. The van der Waals surface area contributed by atoms with Crippen molar-refractivity contribution in [1.29, 1.82) is 0 Å². The molecule has 0 saturated heterocycles. The van der Waals surface area contributed by atoms with Crippen LogP contribution in [0.15, 0.2) is 128 Å². The van der Waals surface area contributed by atoms with Crippen LogP contribution in [0.5, 0.6) is 0 Å². The third kappa shape index (κ3) is 5.51. The number of amides is 1. The Balaban J connectivity index is 1.58. The molecule has 5 aromatic rings. The highest BCUT2D eigenvalue weighted by Gasteiger charge is 2.26. The Morgan fingerprint density at radius 1 is 0.730 bits per heavy atom. The highest BCUT2D eigenvalue weighted by atomic mass is 19.1. The van der Waals surface area contributed by atoms with Gasteiger partial charge in [0.1, 0.15) is 11.6 Å². The molecule has 0 unspecified atom stereocenters. The highest BCUT2D eigenvalue weighted by Crippen LogP contribution is 2.28. The van der Waals surface area contributed by atoms with Crippen LogP contribution in [-0.2, 0) is 6.54 Å². The van der Waals surface area contributed by atoms with Gasteiger partial charge in [-0.05, 0) is 41.5 Å². The largest absolute Gasteiger partial charge is 0.333 e. The molecule has 1 amide bonds. The van der Waals surface area contributed by atoms with E-state index < -0.39 is 11.6 Å². The van der Waals surface area contributed by atoms with Gasteiger partial charge >= 0.3 is 0 Å². The van der Waals surface area contributed by atoms with E-state index in [1.54, 1.807) is 11.0 Å². The minimum atomic E-state index is -0.674. The van der Waals surface area contributed by atoms with Crippen LogP contribution in [0.1, 0.15) is 33.0 Å². The van der Waals surface area contributed by atoms with Crippen LogP contribution in [0.25, 0.3) is 5.69 Å². The van der Waals surface area contributed by atoms with E-state index in [-0.39, 0.29) is 23.9 Å². The fraction of sp³-hybridized carbons (Fsp3) is 0.0938. The van der Waals surface area contributed by atoms with E-state index in [1.165, 1.54) is 12.1 Å². The van der Waals surface area contributed by atoms with E-state index >= 15 is 0 Å². The molecule has 1 heterocycles. The molecule has 4 aromatic carbocycles. The first-order valence-corrected chi connectivity index (χ1v) is 12.2. The average Bonchev–Trinajstić information content (AvgIpc) is 3.48. The number of carbonyl (C=O) groups excluding carboxylic acids is 1. The molecule has 0 aliphatic heterocycles. The molecule has 0 saturated carbocycles. The molecule has 0 radical (unpaired) electrons. The van der Waals surface area contributed by atoms with Crippen LogP contribution in [0.2, 0.25) is 0 Å². The third-order valence-corrected chi connectivity index (χ3v) is 6.49. The summed E-state index contributed by atoms with van der Waals surface area (Å²) in [5.74, 6) is -1.70. The molecular weight excluding hydrogens is 466 g/mol. The molecule has 0 aliphatic carbocycles. The minimum Gasteiger partial charge on any atom is -0.333 e. The van der Waals surface area contributed by atoms with E-state index in [0.29, 0.717) is 12.1 Å². The average molecular weight is 493 g/mol. The number of aromatic nitrogens is 1. The lowest BCUT2D eigenvalue weighted by atomic mass is 9.90. The molecule has 0 atom stereocenters. The van der Waals surface area contributed by atoms with Crippen LogP contribution in [0.4, 0.5) is 8.78 Å². The Morgan fingerprint density at radius 2 is 1.32 bits per heavy atom. The summed E-state index contributed by atoms with van der Waals surface area (Å²) in [4.78, 5) is 15.8.